The molecule has 2 nitrogen and oxygen atoms in total. The van der Waals surface area contributed by atoms with Crippen molar-refractivity contribution >= 4 is 44.4 Å². The van der Waals surface area contributed by atoms with E-state index in [0.29, 0.717) is 5.92 Å². The summed E-state index contributed by atoms with van der Waals surface area (Å²) >= 11 is 5.61. The lowest BCUT2D eigenvalue weighted by Gasteiger charge is -2.15. The van der Waals surface area contributed by atoms with Crippen LogP contribution in [0.2, 0.25) is 0 Å². The molecular weight excluding hydrogens is 417 g/mol. The van der Waals surface area contributed by atoms with Gasteiger partial charge in [0.25, 0.3) is 5.91 Å². The van der Waals surface area contributed by atoms with Gasteiger partial charge in [-0.2, -0.15) is 0 Å². The number of carbonyl (C=O) groups is 1. The molecule has 1 N–H and O–H groups in total. The van der Waals surface area contributed by atoms with Crippen LogP contribution in [0.25, 0.3) is 0 Å². The zero-order valence-corrected chi connectivity index (χ0v) is 15.3. The molecule has 1 aromatic carbocycles. The number of amides is 1. The van der Waals surface area contributed by atoms with E-state index < -0.39 is 0 Å². The summed E-state index contributed by atoms with van der Waals surface area (Å²) < 4.78 is 1.93. The van der Waals surface area contributed by atoms with E-state index in [4.69, 9.17) is 0 Å². The van der Waals surface area contributed by atoms with Crippen molar-refractivity contribution < 1.29 is 4.79 Å². The Bertz CT molecular complexity index is 423. The first-order chi connectivity index (χ1) is 9.08. The smallest absolute Gasteiger partial charge is 0.252 e. The average Bonchev–Trinajstić information content (AvgIpc) is 2.41. The molecule has 1 aromatic rings. The van der Waals surface area contributed by atoms with Crippen LogP contribution in [0.4, 0.5) is 0 Å². The molecule has 0 saturated carbocycles. The van der Waals surface area contributed by atoms with Crippen LogP contribution in [0.3, 0.4) is 0 Å². The van der Waals surface area contributed by atoms with Gasteiger partial charge in [0.1, 0.15) is 0 Å². The van der Waals surface area contributed by atoms with E-state index in [2.05, 4.69) is 57.7 Å². The second kappa shape index (κ2) is 8.95. The van der Waals surface area contributed by atoms with Gasteiger partial charge in [0, 0.05) is 14.6 Å². The molecule has 4 heteroatoms. The Hall–Kier alpha value is -0.100. The number of benzene rings is 1. The Kier molecular flexibility index (Phi) is 7.99. The van der Waals surface area contributed by atoms with E-state index in [1.54, 1.807) is 0 Å². The fraction of sp³-hybridized carbons (Fsp3) is 0.533. The summed E-state index contributed by atoms with van der Waals surface area (Å²) in [6.07, 6.45) is 4.77. The van der Waals surface area contributed by atoms with Crippen molar-refractivity contribution in [2.45, 2.75) is 39.5 Å². The molecule has 0 aliphatic carbocycles. The topological polar surface area (TPSA) is 29.1 Å². The Morgan fingerprint density at radius 1 is 1.42 bits per heavy atom. The van der Waals surface area contributed by atoms with Crippen LogP contribution >= 0.6 is 38.5 Å². The minimum atomic E-state index is 0.0284. The highest BCUT2D eigenvalue weighted by Gasteiger charge is 2.12. The van der Waals surface area contributed by atoms with Crippen molar-refractivity contribution in [3.63, 3.8) is 0 Å². The number of nitrogens with one attached hydrogen (secondary N) is 1. The first-order valence-electron chi connectivity index (χ1n) is 6.81. The predicted octanol–water partition coefficient (Wildman–Crippen LogP) is 5.00. The van der Waals surface area contributed by atoms with Gasteiger partial charge in [0.15, 0.2) is 0 Å². The minimum Gasteiger partial charge on any atom is -0.352 e. The highest BCUT2D eigenvalue weighted by Crippen LogP contribution is 2.18. The second-order valence-corrected chi connectivity index (χ2v) is 6.83. The zero-order chi connectivity index (χ0) is 14.3. The van der Waals surface area contributed by atoms with Gasteiger partial charge in [-0.15, -0.1) is 0 Å². The van der Waals surface area contributed by atoms with Gasteiger partial charge >= 0.3 is 0 Å². The van der Waals surface area contributed by atoms with Crippen LogP contribution in [0, 0.1) is 9.49 Å². The summed E-state index contributed by atoms with van der Waals surface area (Å²) in [5.74, 6) is 0.620. The summed E-state index contributed by atoms with van der Waals surface area (Å²) in [4.78, 5) is 12.2. The lowest BCUT2D eigenvalue weighted by molar-refractivity contribution is 0.0945. The van der Waals surface area contributed by atoms with Crippen molar-refractivity contribution in [3.8, 4) is 0 Å². The maximum absolute atomic E-state index is 12.2. The molecule has 1 amide bonds. The highest BCUT2D eigenvalue weighted by atomic mass is 127. The van der Waals surface area contributed by atoms with Gasteiger partial charge in [0.2, 0.25) is 0 Å². The van der Waals surface area contributed by atoms with Crippen LogP contribution < -0.4 is 5.32 Å². The van der Waals surface area contributed by atoms with Gasteiger partial charge in [-0.3, -0.25) is 4.79 Å². The molecule has 0 spiro atoms. The van der Waals surface area contributed by atoms with Crippen LogP contribution in [-0.4, -0.2) is 12.5 Å². The van der Waals surface area contributed by atoms with E-state index in [9.17, 15) is 4.79 Å². The summed E-state index contributed by atoms with van der Waals surface area (Å²) in [6, 6.07) is 5.78. The van der Waals surface area contributed by atoms with E-state index in [0.717, 1.165) is 26.6 Å². The fourth-order valence-corrected chi connectivity index (χ4v) is 2.89. The SMILES string of the molecule is CCCCC(CC)CNC(=O)c1cc(Br)ccc1I. The standard InChI is InChI=1S/C15H21BrINO/c1-3-5-6-11(4-2)10-18-15(19)13-9-12(16)7-8-14(13)17/h7-9,11H,3-6,10H2,1-2H3,(H,18,19). The third-order valence-corrected chi connectivity index (χ3v) is 4.70. The number of rotatable bonds is 7. The molecule has 19 heavy (non-hydrogen) atoms. The predicted molar refractivity (Wildman–Crippen MR) is 92.5 cm³/mol. The number of halogens is 2. The zero-order valence-electron chi connectivity index (χ0n) is 11.5. The number of carbonyl (C=O) groups excluding carboxylic acids is 1. The molecule has 1 rings (SSSR count). The Labute approximate surface area is 138 Å². The molecule has 0 bridgehead atoms. The fourth-order valence-electron chi connectivity index (χ4n) is 1.95. The largest absolute Gasteiger partial charge is 0.352 e. The molecule has 0 aliphatic rings. The van der Waals surface area contributed by atoms with Crippen molar-refractivity contribution in [3.05, 3.63) is 31.8 Å². The number of hydrogen-bond donors (Lipinski definition) is 1. The van der Waals surface area contributed by atoms with Gasteiger partial charge in [0.05, 0.1) is 5.56 Å². The molecule has 0 radical (unpaired) electrons. The van der Waals surface area contributed by atoms with Crippen LogP contribution in [0.5, 0.6) is 0 Å². The van der Waals surface area contributed by atoms with Gasteiger partial charge in [-0.05, 0) is 53.1 Å². The molecular formula is C15H21BrINO. The van der Waals surface area contributed by atoms with Crippen molar-refractivity contribution in [2.24, 2.45) is 5.92 Å². The summed E-state index contributed by atoms with van der Waals surface area (Å²) in [5, 5.41) is 3.06. The monoisotopic (exact) mass is 437 g/mol. The molecule has 0 aliphatic heterocycles. The first kappa shape index (κ1) is 17.0. The summed E-state index contributed by atoms with van der Waals surface area (Å²) in [7, 11) is 0. The maximum atomic E-state index is 12.2. The third kappa shape index (κ3) is 5.81. The number of hydrogen-bond acceptors (Lipinski definition) is 1. The van der Waals surface area contributed by atoms with E-state index in [1.807, 2.05) is 18.2 Å². The lowest BCUT2D eigenvalue weighted by Crippen LogP contribution is -2.29. The Balaban J connectivity index is 2.56. The second-order valence-electron chi connectivity index (χ2n) is 4.75. The maximum Gasteiger partial charge on any atom is 0.252 e. The molecule has 1 atom stereocenters. The van der Waals surface area contributed by atoms with Crippen molar-refractivity contribution in [1.82, 2.24) is 5.32 Å². The third-order valence-electron chi connectivity index (χ3n) is 3.27. The summed E-state index contributed by atoms with van der Waals surface area (Å²) in [6.45, 7) is 5.17. The lowest BCUT2D eigenvalue weighted by atomic mass is 9.99. The molecule has 1 unspecified atom stereocenters. The first-order valence-corrected chi connectivity index (χ1v) is 8.68. The Morgan fingerprint density at radius 3 is 2.79 bits per heavy atom. The minimum absolute atomic E-state index is 0.0284. The van der Waals surface area contributed by atoms with E-state index in [-0.39, 0.29) is 5.91 Å². The van der Waals surface area contributed by atoms with Crippen molar-refractivity contribution in [2.75, 3.05) is 6.54 Å². The quantitative estimate of drug-likeness (QED) is 0.597. The van der Waals surface area contributed by atoms with E-state index >= 15 is 0 Å². The van der Waals surface area contributed by atoms with E-state index in [1.165, 1.54) is 19.3 Å². The van der Waals surface area contributed by atoms with Crippen molar-refractivity contribution in [1.29, 1.82) is 0 Å². The number of unbranched alkanes of at least 4 members (excludes halogenated alkanes) is 1. The normalized spacial score (nSPS) is 12.2. The van der Waals surface area contributed by atoms with Gasteiger partial charge in [-0.25, -0.2) is 0 Å². The van der Waals surface area contributed by atoms with Crippen LogP contribution in [-0.2, 0) is 0 Å². The molecule has 0 aromatic heterocycles. The summed E-state index contributed by atoms with van der Waals surface area (Å²) in [5.41, 5.74) is 0.750. The van der Waals surface area contributed by atoms with Gasteiger partial charge < -0.3 is 5.32 Å². The molecule has 0 fully saturated rings. The molecule has 106 valence electrons. The van der Waals surface area contributed by atoms with Gasteiger partial charge in [-0.1, -0.05) is 49.0 Å². The highest BCUT2D eigenvalue weighted by molar-refractivity contribution is 14.1. The molecule has 0 heterocycles. The average molecular weight is 438 g/mol. The van der Waals surface area contributed by atoms with Crippen LogP contribution in [0.15, 0.2) is 22.7 Å². The van der Waals surface area contributed by atoms with Crippen LogP contribution in [0.1, 0.15) is 49.9 Å². The Morgan fingerprint density at radius 2 is 2.16 bits per heavy atom. The molecule has 0 saturated heterocycles.